The van der Waals surface area contributed by atoms with Gasteiger partial charge in [0.25, 0.3) is 0 Å². The third-order valence-electron chi connectivity index (χ3n) is 2.70. The number of ether oxygens (including phenoxy) is 1. The molecule has 0 spiro atoms. The number of aryl methyl sites for hydroxylation is 1. The third kappa shape index (κ3) is 4.04. The van der Waals surface area contributed by atoms with Crippen LogP contribution in [0.3, 0.4) is 0 Å². The van der Waals surface area contributed by atoms with Crippen molar-refractivity contribution in [3.63, 3.8) is 0 Å². The molecule has 0 saturated heterocycles. The summed E-state index contributed by atoms with van der Waals surface area (Å²) in [5.74, 6) is 0.890. The SMILES string of the molecule is Cc1cccc(OCCNc2ccc(C#N)cc2)c1. The van der Waals surface area contributed by atoms with E-state index in [1.807, 2.05) is 43.3 Å². The third-order valence-corrected chi connectivity index (χ3v) is 2.70. The van der Waals surface area contributed by atoms with E-state index in [1.54, 1.807) is 12.1 Å². The zero-order valence-electron chi connectivity index (χ0n) is 10.9. The largest absolute Gasteiger partial charge is 0.492 e. The van der Waals surface area contributed by atoms with Gasteiger partial charge in [0, 0.05) is 12.2 Å². The number of anilines is 1. The topological polar surface area (TPSA) is 45.0 Å². The Morgan fingerprint density at radius 3 is 2.63 bits per heavy atom. The number of nitrogens with one attached hydrogen (secondary N) is 1. The second-order valence-corrected chi connectivity index (χ2v) is 4.28. The first-order chi connectivity index (χ1) is 9.28. The Kier molecular flexibility index (Phi) is 4.41. The first-order valence-corrected chi connectivity index (χ1v) is 6.21. The molecule has 2 aromatic rings. The molecule has 0 aliphatic rings. The molecule has 1 N–H and O–H groups in total. The van der Waals surface area contributed by atoms with Crippen molar-refractivity contribution in [1.82, 2.24) is 0 Å². The summed E-state index contributed by atoms with van der Waals surface area (Å²) in [6.07, 6.45) is 0. The monoisotopic (exact) mass is 252 g/mol. The van der Waals surface area contributed by atoms with Crippen molar-refractivity contribution in [3.05, 3.63) is 59.7 Å². The molecule has 0 atom stereocenters. The highest BCUT2D eigenvalue weighted by molar-refractivity contribution is 5.47. The standard InChI is InChI=1S/C16H16N2O/c1-13-3-2-4-16(11-13)19-10-9-18-15-7-5-14(12-17)6-8-15/h2-8,11,18H,9-10H2,1H3. The molecular formula is C16H16N2O. The fourth-order valence-electron chi connectivity index (χ4n) is 1.73. The summed E-state index contributed by atoms with van der Waals surface area (Å²) >= 11 is 0. The van der Waals surface area contributed by atoms with Crippen LogP contribution in [0.5, 0.6) is 5.75 Å². The number of benzene rings is 2. The molecule has 0 aliphatic heterocycles. The average molecular weight is 252 g/mol. The zero-order chi connectivity index (χ0) is 13.5. The lowest BCUT2D eigenvalue weighted by Crippen LogP contribution is -2.11. The maximum Gasteiger partial charge on any atom is 0.119 e. The van der Waals surface area contributed by atoms with Crippen LogP contribution in [-0.4, -0.2) is 13.2 Å². The molecule has 0 bridgehead atoms. The van der Waals surface area contributed by atoms with Crippen molar-refractivity contribution in [2.45, 2.75) is 6.92 Å². The summed E-state index contributed by atoms with van der Waals surface area (Å²) in [5, 5.41) is 11.9. The van der Waals surface area contributed by atoms with E-state index in [9.17, 15) is 0 Å². The summed E-state index contributed by atoms with van der Waals surface area (Å²) < 4.78 is 5.64. The molecule has 0 radical (unpaired) electrons. The Bertz CT molecular complexity index is 570. The first-order valence-electron chi connectivity index (χ1n) is 6.21. The molecule has 0 aliphatic carbocycles. The second kappa shape index (κ2) is 6.46. The van der Waals surface area contributed by atoms with Crippen LogP contribution >= 0.6 is 0 Å². The Balaban J connectivity index is 1.76. The van der Waals surface area contributed by atoms with Crippen LogP contribution in [0.15, 0.2) is 48.5 Å². The van der Waals surface area contributed by atoms with Crippen LogP contribution in [-0.2, 0) is 0 Å². The van der Waals surface area contributed by atoms with E-state index < -0.39 is 0 Å². The minimum absolute atomic E-state index is 0.601. The summed E-state index contributed by atoms with van der Waals surface area (Å²) in [6, 6.07) is 17.5. The number of hydrogen-bond donors (Lipinski definition) is 1. The van der Waals surface area contributed by atoms with E-state index in [1.165, 1.54) is 5.56 Å². The first kappa shape index (κ1) is 13.0. The van der Waals surface area contributed by atoms with Gasteiger partial charge in [-0.05, 0) is 48.9 Å². The fourth-order valence-corrected chi connectivity index (χ4v) is 1.73. The zero-order valence-corrected chi connectivity index (χ0v) is 10.9. The molecule has 2 rings (SSSR count). The highest BCUT2D eigenvalue weighted by Crippen LogP contribution is 2.12. The van der Waals surface area contributed by atoms with Crippen LogP contribution < -0.4 is 10.1 Å². The summed E-state index contributed by atoms with van der Waals surface area (Å²) in [6.45, 7) is 3.37. The maximum atomic E-state index is 8.70. The molecule has 0 amide bonds. The minimum atomic E-state index is 0.601. The molecule has 0 saturated carbocycles. The van der Waals surface area contributed by atoms with Crippen molar-refractivity contribution in [1.29, 1.82) is 5.26 Å². The predicted molar refractivity (Wildman–Crippen MR) is 76.3 cm³/mol. The van der Waals surface area contributed by atoms with Crippen LogP contribution in [0.25, 0.3) is 0 Å². The average Bonchev–Trinajstić information content (AvgIpc) is 2.44. The van der Waals surface area contributed by atoms with Crippen molar-refractivity contribution in [2.24, 2.45) is 0 Å². The van der Waals surface area contributed by atoms with Gasteiger partial charge >= 0.3 is 0 Å². The van der Waals surface area contributed by atoms with Crippen molar-refractivity contribution < 1.29 is 4.74 Å². The molecule has 0 fully saturated rings. The van der Waals surface area contributed by atoms with Crippen molar-refractivity contribution >= 4 is 5.69 Å². The van der Waals surface area contributed by atoms with Gasteiger partial charge in [0.05, 0.1) is 11.6 Å². The van der Waals surface area contributed by atoms with Crippen LogP contribution in [0.2, 0.25) is 0 Å². The Morgan fingerprint density at radius 2 is 1.95 bits per heavy atom. The number of nitriles is 1. The van der Waals surface area contributed by atoms with Gasteiger partial charge in [-0.25, -0.2) is 0 Å². The maximum absolute atomic E-state index is 8.70. The molecule has 2 aromatic carbocycles. The predicted octanol–water partition coefficient (Wildman–Crippen LogP) is 3.36. The van der Waals surface area contributed by atoms with Crippen molar-refractivity contribution in [3.8, 4) is 11.8 Å². The van der Waals surface area contributed by atoms with E-state index in [-0.39, 0.29) is 0 Å². The molecular weight excluding hydrogens is 236 g/mol. The lowest BCUT2D eigenvalue weighted by atomic mass is 10.2. The Morgan fingerprint density at radius 1 is 1.16 bits per heavy atom. The lowest BCUT2D eigenvalue weighted by molar-refractivity contribution is 0.332. The fraction of sp³-hybridized carbons (Fsp3) is 0.188. The molecule has 0 heterocycles. The van der Waals surface area contributed by atoms with Gasteiger partial charge in [-0.1, -0.05) is 12.1 Å². The van der Waals surface area contributed by atoms with E-state index in [2.05, 4.69) is 11.4 Å². The van der Waals surface area contributed by atoms with Crippen molar-refractivity contribution in [2.75, 3.05) is 18.5 Å². The van der Waals surface area contributed by atoms with Gasteiger partial charge in [-0.15, -0.1) is 0 Å². The number of nitrogens with zero attached hydrogens (tertiary/aromatic N) is 1. The second-order valence-electron chi connectivity index (χ2n) is 4.28. The smallest absolute Gasteiger partial charge is 0.119 e. The number of rotatable bonds is 5. The molecule has 96 valence electrons. The van der Waals surface area contributed by atoms with E-state index >= 15 is 0 Å². The Labute approximate surface area is 113 Å². The summed E-state index contributed by atoms with van der Waals surface area (Å²) in [7, 11) is 0. The van der Waals surface area contributed by atoms with E-state index in [4.69, 9.17) is 10.00 Å². The molecule has 19 heavy (non-hydrogen) atoms. The normalized spacial score (nSPS) is 9.68. The van der Waals surface area contributed by atoms with Gasteiger partial charge in [0.15, 0.2) is 0 Å². The van der Waals surface area contributed by atoms with E-state index in [0.29, 0.717) is 12.2 Å². The van der Waals surface area contributed by atoms with Crippen LogP contribution in [0, 0.1) is 18.3 Å². The minimum Gasteiger partial charge on any atom is -0.492 e. The highest BCUT2D eigenvalue weighted by atomic mass is 16.5. The molecule has 3 heteroatoms. The van der Waals surface area contributed by atoms with E-state index in [0.717, 1.165) is 18.0 Å². The summed E-state index contributed by atoms with van der Waals surface area (Å²) in [5.41, 5.74) is 2.85. The molecule has 3 nitrogen and oxygen atoms in total. The van der Waals surface area contributed by atoms with Gasteiger partial charge in [0.1, 0.15) is 12.4 Å². The highest BCUT2D eigenvalue weighted by Gasteiger charge is 1.95. The Hall–Kier alpha value is -2.47. The molecule has 0 unspecified atom stereocenters. The van der Waals surface area contributed by atoms with Gasteiger partial charge in [-0.2, -0.15) is 5.26 Å². The van der Waals surface area contributed by atoms with Gasteiger partial charge in [0.2, 0.25) is 0 Å². The van der Waals surface area contributed by atoms with Crippen LogP contribution in [0.1, 0.15) is 11.1 Å². The molecule has 0 aromatic heterocycles. The van der Waals surface area contributed by atoms with Gasteiger partial charge < -0.3 is 10.1 Å². The summed E-state index contributed by atoms with van der Waals surface area (Å²) in [4.78, 5) is 0. The number of hydrogen-bond acceptors (Lipinski definition) is 3. The van der Waals surface area contributed by atoms with Gasteiger partial charge in [-0.3, -0.25) is 0 Å². The van der Waals surface area contributed by atoms with Crippen LogP contribution in [0.4, 0.5) is 5.69 Å². The lowest BCUT2D eigenvalue weighted by Gasteiger charge is -2.09. The quantitative estimate of drug-likeness (QED) is 0.830.